The maximum atomic E-state index is 12.2. The molecule has 1 N–H and O–H groups in total. The minimum absolute atomic E-state index is 0.139. The molecule has 20 heavy (non-hydrogen) atoms. The number of benzene rings is 2. The maximum Gasteiger partial charge on any atom is 0.255 e. The van der Waals surface area contributed by atoms with Crippen LogP contribution in [0.3, 0.4) is 0 Å². The van der Waals surface area contributed by atoms with Crippen LogP contribution in [0.1, 0.15) is 10.4 Å². The van der Waals surface area contributed by atoms with Crippen molar-refractivity contribution in [1.29, 1.82) is 0 Å². The molecule has 1 amide bonds. The van der Waals surface area contributed by atoms with Crippen molar-refractivity contribution in [2.75, 3.05) is 5.32 Å². The van der Waals surface area contributed by atoms with Crippen molar-refractivity contribution in [2.45, 2.75) is 0 Å². The largest absolute Gasteiger partial charge is 0.321 e. The Morgan fingerprint density at radius 3 is 2.40 bits per heavy atom. The van der Waals surface area contributed by atoms with Gasteiger partial charge in [-0.2, -0.15) is 0 Å². The zero-order valence-electron chi connectivity index (χ0n) is 10.5. The van der Waals surface area contributed by atoms with E-state index in [-0.39, 0.29) is 5.91 Å². The lowest BCUT2D eigenvalue weighted by atomic mass is 10.1. The summed E-state index contributed by atoms with van der Waals surface area (Å²) in [6.07, 6.45) is 3.21. The van der Waals surface area contributed by atoms with Crippen LogP contribution >= 0.6 is 15.9 Å². The highest BCUT2D eigenvalue weighted by Gasteiger charge is 2.09. The SMILES string of the molecule is O=C(Nc1ccc(Br)c2ccccc12)c1ccncc1. The van der Waals surface area contributed by atoms with Crippen molar-refractivity contribution in [3.8, 4) is 0 Å². The van der Waals surface area contributed by atoms with Crippen LogP contribution in [0.25, 0.3) is 10.8 Å². The Morgan fingerprint density at radius 2 is 1.65 bits per heavy atom. The van der Waals surface area contributed by atoms with Crippen LogP contribution in [0.15, 0.2) is 65.4 Å². The molecule has 0 atom stereocenters. The molecular formula is C16H11BrN2O. The summed E-state index contributed by atoms with van der Waals surface area (Å²) >= 11 is 3.52. The van der Waals surface area contributed by atoms with E-state index in [0.717, 1.165) is 20.9 Å². The van der Waals surface area contributed by atoms with E-state index in [2.05, 4.69) is 26.2 Å². The molecule has 3 rings (SSSR count). The van der Waals surface area contributed by atoms with E-state index >= 15 is 0 Å². The third-order valence-corrected chi connectivity index (χ3v) is 3.75. The third-order valence-electron chi connectivity index (χ3n) is 3.06. The molecule has 0 radical (unpaired) electrons. The molecule has 3 nitrogen and oxygen atoms in total. The number of hydrogen-bond acceptors (Lipinski definition) is 2. The van der Waals surface area contributed by atoms with Crippen molar-refractivity contribution in [2.24, 2.45) is 0 Å². The van der Waals surface area contributed by atoms with E-state index in [1.165, 1.54) is 0 Å². The summed E-state index contributed by atoms with van der Waals surface area (Å²) in [6.45, 7) is 0. The molecule has 0 aliphatic heterocycles. The van der Waals surface area contributed by atoms with Gasteiger partial charge in [-0.05, 0) is 29.7 Å². The van der Waals surface area contributed by atoms with Crippen LogP contribution in [0.5, 0.6) is 0 Å². The number of anilines is 1. The number of pyridine rings is 1. The highest BCUT2D eigenvalue weighted by atomic mass is 79.9. The van der Waals surface area contributed by atoms with Gasteiger partial charge in [-0.3, -0.25) is 9.78 Å². The van der Waals surface area contributed by atoms with Gasteiger partial charge in [0.1, 0.15) is 0 Å². The number of fused-ring (bicyclic) bond motifs is 1. The maximum absolute atomic E-state index is 12.2. The molecule has 2 aromatic carbocycles. The number of nitrogens with zero attached hydrogens (tertiary/aromatic N) is 1. The predicted molar refractivity (Wildman–Crippen MR) is 83.8 cm³/mol. The topological polar surface area (TPSA) is 42.0 Å². The molecular weight excluding hydrogens is 316 g/mol. The highest BCUT2D eigenvalue weighted by Crippen LogP contribution is 2.30. The Hall–Kier alpha value is -2.20. The molecule has 3 aromatic rings. The summed E-state index contributed by atoms with van der Waals surface area (Å²) < 4.78 is 1.01. The Morgan fingerprint density at radius 1 is 0.950 bits per heavy atom. The van der Waals surface area contributed by atoms with E-state index < -0.39 is 0 Å². The van der Waals surface area contributed by atoms with Crippen LogP contribution < -0.4 is 5.32 Å². The lowest BCUT2D eigenvalue weighted by Crippen LogP contribution is -2.12. The first-order chi connectivity index (χ1) is 9.75. The van der Waals surface area contributed by atoms with E-state index in [1.54, 1.807) is 24.5 Å². The van der Waals surface area contributed by atoms with Crippen LogP contribution in [0.4, 0.5) is 5.69 Å². The quantitative estimate of drug-likeness (QED) is 0.764. The Balaban J connectivity index is 2.00. The van der Waals surface area contributed by atoms with Crippen molar-refractivity contribution < 1.29 is 4.79 Å². The van der Waals surface area contributed by atoms with Gasteiger partial charge in [0.15, 0.2) is 0 Å². The average Bonchev–Trinajstić information content (AvgIpc) is 2.51. The van der Waals surface area contributed by atoms with E-state index in [0.29, 0.717) is 5.56 Å². The minimum atomic E-state index is -0.139. The van der Waals surface area contributed by atoms with Crippen molar-refractivity contribution in [3.63, 3.8) is 0 Å². The number of nitrogens with one attached hydrogen (secondary N) is 1. The van der Waals surface area contributed by atoms with Crippen molar-refractivity contribution >= 4 is 38.3 Å². The summed E-state index contributed by atoms with van der Waals surface area (Å²) in [5.74, 6) is -0.139. The number of hydrogen-bond donors (Lipinski definition) is 1. The second-order valence-corrected chi connectivity index (χ2v) is 5.18. The fraction of sp³-hybridized carbons (Fsp3) is 0. The fourth-order valence-electron chi connectivity index (χ4n) is 2.07. The summed E-state index contributed by atoms with van der Waals surface area (Å²) in [7, 11) is 0. The predicted octanol–water partition coefficient (Wildman–Crippen LogP) is 4.25. The zero-order chi connectivity index (χ0) is 13.9. The Bertz CT molecular complexity index is 772. The van der Waals surface area contributed by atoms with Gasteiger partial charge in [-0.1, -0.05) is 40.2 Å². The molecule has 0 bridgehead atoms. The van der Waals surface area contributed by atoms with Gasteiger partial charge >= 0.3 is 0 Å². The molecule has 0 unspecified atom stereocenters. The summed E-state index contributed by atoms with van der Waals surface area (Å²) in [5.41, 5.74) is 1.39. The molecule has 0 saturated heterocycles. The lowest BCUT2D eigenvalue weighted by molar-refractivity contribution is 0.102. The molecule has 0 fully saturated rings. The van der Waals surface area contributed by atoms with Crippen molar-refractivity contribution in [1.82, 2.24) is 4.98 Å². The fourth-order valence-corrected chi connectivity index (χ4v) is 2.55. The summed E-state index contributed by atoms with van der Waals surface area (Å²) in [5, 5.41) is 5.01. The Labute approximate surface area is 124 Å². The van der Waals surface area contributed by atoms with Crippen LogP contribution in [0, 0.1) is 0 Å². The van der Waals surface area contributed by atoms with E-state index in [9.17, 15) is 4.79 Å². The second kappa shape index (κ2) is 5.43. The first kappa shape index (κ1) is 12.8. The molecule has 1 aromatic heterocycles. The van der Waals surface area contributed by atoms with Gasteiger partial charge < -0.3 is 5.32 Å². The number of aromatic nitrogens is 1. The molecule has 0 aliphatic carbocycles. The van der Waals surface area contributed by atoms with Gasteiger partial charge in [-0.25, -0.2) is 0 Å². The zero-order valence-corrected chi connectivity index (χ0v) is 12.1. The number of carbonyl (C=O) groups is 1. The first-order valence-corrected chi connectivity index (χ1v) is 6.93. The smallest absolute Gasteiger partial charge is 0.255 e. The standard InChI is InChI=1S/C16H11BrN2O/c17-14-5-6-15(13-4-2-1-3-12(13)14)19-16(20)11-7-9-18-10-8-11/h1-10H,(H,19,20). The number of carbonyl (C=O) groups excluding carboxylic acids is 1. The molecule has 0 spiro atoms. The molecule has 0 saturated carbocycles. The van der Waals surface area contributed by atoms with Gasteiger partial charge in [0.2, 0.25) is 0 Å². The second-order valence-electron chi connectivity index (χ2n) is 4.33. The van der Waals surface area contributed by atoms with E-state index in [1.807, 2.05) is 36.4 Å². The average molecular weight is 327 g/mol. The minimum Gasteiger partial charge on any atom is -0.321 e. The van der Waals surface area contributed by atoms with Crippen LogP contribution in [-0.2, 0) is 0 Å². The third kappa shape index (κ3) is 2.42. The van der Waals surface area contributed by atoms with Gasteiger partial charge in [-0.15, -0.1) is 0 Å². The number of amides is 1. The molecule has 4 heteroatoms. The van der Waals surface area contributed by atoms with Gasteiger partial charge in [0.05, 0.1) is 0 Å². The number of rotatable bonds is 2. The highest BCUT2D eigenvalue weighted by molar-refractivity contribution is 9.10. The van der Waals surface area contributed by atoms with Crippen LogP contribution in [0.2, 0.25) is 0 Å². The summed E-state index contributed by atoms with van der Waals surface area (Å²) in [4.78, 5) is 16.1. The summed E-state index contributed by atoms with van der Waals surface area (Å²) in [6, 6.07) is 15.1. The first-order valence-electron chi connectivity index (χ1n) is 6.14. The van der Waals surface area contributed by atoms with Crippen LogP contribution in [-0.4, -0.2) is 10.9 Å². The molecule has 0 aliphatic rings. The monoisotopic (exact) mass is 326 g/mol. The lowest BCUT2D eigenvalue weighted by Gasteiger charge is -2.10. The van der Waals surface area contributed by atoms with E-state index in [4.69, 9.17) is 0 Å². The Kier molecular flexibility index (Phi) is 3.48. The molecule has 1 heterocycles. The normalized spacial score (nSPS) is 10.4. The van der Waals surface area contributed by atoms with Gasteiger partial charge in [0.25, 0.3) is 5.91 Å². The van der Waals surface area contributed by atoms with Crippen molar-refractivity contribution in [3.05, 3.63) is 71.0 Å². The molecule has 98 valence electrons. The number of halogens is 1. The van der Waals surface area contributed by atoms with Gasteiger partial charge in [0, 0.05) is 33.5 Å².